The lowest BCUT2D eigenvalue weighted by Gasteiger charge is -2.21. The monoisotopic (exact) mass is 224 g/mol. The fraction of sp³-hybridized carbons (Fsp3) is 1.00. The maximum atomic E-state index is 5.88. The Labute approximate surface area is 101 Å². The van der Waals surface area contributed by atoms with E-state index in [0.717, 1.165) is 18.4 Å². The third-order valence-corrected chi connectivity index (χ3v) is 4.25. The van der Waals surface area contributed by atoms with Gasteiger partial charge in [0.25, 0.3) is 0 Å². The number of ether oxygens (including phenoxy) is 1. The molecule has 0 radical (unpaired) electrons. The van der Waals surface area contributed by atoms with Gasteiger partial charge in [-0.1, -0.05) is 44.9 Å². The van der Waals surface area contributed by atoms with E-state index in [1.807, 2.05) is 0 Å². The molecule has 1 atom stereocenters. The molecule has 0 amide bonds. The fourth-order valence-corrected chi connectivity index (χ4v) is 3.02. The summed E-state index contributed by atoms with van der Waals surface area (Å²) in [6.45, 7) is 3.25. The van der Waals surface area contributed by atoms with E-state index >= 15 is 0 Å². The van der Waals surface area contributed by atoms with Crippen molar-refractivity contribution in [2.75, 3.05) is 6.61 Å². The van der Waals surface area contributed by atoms with Crippen LogP contribution in [0.15, 0.2) is 0 Å². The largest absolute Gasteiger partial charge is 0.378 e. The van der Waals surface area contributed by atoms with Crippen molar-refractivity contribution in [2.45, 2.75) is 77.2 Å². The van der Waals surface area contributed by atoms with Gasteiger partial charge in [0.2, 0.25) is 0 Å². The van der Waals surface area contributed by atoms with Crippen molar-refractivity contribution in [2.24, 2.45) is 11.8 Å². The summed E-state index contributed by atoms with van der Waals surface area (Å²) < 4.78 is 5.88. The van der Waals surface area contributed by atoms with Gasteiger partial charge in [0, 0.05) is 6.61 Å². The van der Waals surface area contributed by atoms with Gasteiger partial charge in [-0.2, -0.15) is 0 Å². The minimum atomic E-state index is 0.513. The lowest BCUT2D eigenvalue weighted by atomic mass is 9.86. The molecule has 0 aromatic rings. The standard InChI is InChI=1S/C15H28O/c1-13(12-15-9-10-15)16-11-5-8-14-6-3-2-4-7-14/h13-15H,2-12H2,1H3. The van der Waals surface area contributed by atoms with Gasteiger partial charge in [0.15, 0.2) is 0 Å². The van der Waals surface area contributed by atoms with Gasteiger partial charge in [0.1, 0.15) is 0 Å². The van der Waals surface area contributed by atoms with Crippen molar-refractivity contribution in [3.63, 3.8) is 0 Å². The van der Waals surface area contributed by atoms with Gasteiger partial charge >= 0.3 is 0 Å². The van der Waals surface area contributed by atoms with Crippen LogP contribution in [0.3, 0.4) is 0 Å². The zero-order chi connectivity index (χ0) is 11.2. The first-order valence-corrected chi connectivity index (χ1v) is 7.46. The van der Waals surface area contributed by atoms with Crippen molar-refractivity contribution in [3.05, 3.63) is 0 Å². The van der Waals surface area contributed by atoms with Gasteiger partial charge in [-0.05, 0) is 38.0 Å². The van der Waals surface area contributed by atoms with E-state index in [4.69, 9.17) is 4.74 Å². The Kier molecular flexibility index (Phi) is 5.15. The molecule has 0 aromatic carbocycles. The van der Waals surface area contributed by atoms with Crippen molar-refractivity contribution >= 4 is 0 Å². The van der Waals surface area contributed by atoms with Crippen LogP contribution < -0.4 is 0 Å². The minimum Gasteiger partial charge on any atom is -0.378 e. The molecule has 1 heteroatoms. The average molecular weight is 224 g/mol. The van der Waals surface area contributed by atoms with E-state index in [2.05, 4.69) is 6.92 Å². The Hall–Kier alpha value is -0.0400. The second kappa shape index (κ2) is 6.64. The normalized spacial score (nSPS) is 24.6. The Morgan fingerprint density at radius 1 is 1.00 bits per heavy atom. The molecule has 0 saturated heterocycles. The molecular formula is C15H28O. The van der Waals surface area contributed by atoms with E-state index in [-0.39, 0.29) is 0 Å². The molecule has 0 heterocycles. The van der Waals surface area contributed by atoms with Crippen LogP contribution in [0.4, 0.5) is 0 Å². The van der Waals surface area contributed by atoms with Crippen LogP contribution in [0.5, 0.6) is 0 Å². The summed E-state index contributed by atoms with van der Waals surface area (Å²) in [5.74, 6) is 2.03. The highest BCUT2D eigenvalue weighted by Crippen LogP contribution is 2.34. The highest BCUT2D eigenvalue weighted by molar-refractivity contribution is 4.75. The second-order valence-electron chi connectivity index (χ2n) is 6.01. The Morgan fingerprint density at radius 2 is 1.75 bits per heavy atom. The smallest absolute Gasteiger partial charge is 0.0549 e. The third-order valence-electron chi connectivity index (χ3n) is 4.25. The molecule has 16 heavy (non-hydrogen) atoms. The van der Waals surface area contributed by atoms with Crippen LogP contribution in [0.1, 0.15) is 71.1 Å². The highest BCUT2D eigenvalue weighted by Gasteiger charge is 2.23. The quantitative estimate of drug-likeness (QED) is 0.576. The SMILES string of the molecule is CC(CC1CC1)OCCCC1CCCCC1. The topological polar surface area (TPSA) is 9.23 Å². The van der Waals surface area contributed by atoms with Crippen LogP contribution in [0.2, 0.25) is 0 Å². The molecule has 0 spiro atoms. The zero-order valence-corrected chi connectivity index (χ0v) is 10.9. The van der Waals surface area contributed by atoms with Gasteiger partial charge in [0.05, 0.1) is 6.10 Å². The molecular weight excluding hydrogens is 196 g/mol. The number of hydrogen-bond donors (Lipinski definition) is 0. The maximum Gasteiger partial charge on any atom is 0.0549 e. The maximum absolute atomic E-state index is 5.88. The molecule has 0 bridgehead atoms. The van der Waals surface area contributed by atoms with Crippen molar-refractivity contribution in [1.82, 2.24) is 0 Å². The first-order valence-electron chi connectivity index (χ1n) is 7.46. The molecule has 2 saturated carbocycles. The molecule has 2 aliphatic rings. The fourth-order valence-electron chi connectivity index (χ4n) is 3.02. The van der Waals surface area contributed by atoms with E-state index in [0.29, 0.717) is 6.10 Å². The van der Waals surface area contributed by atoms with Crippen LogP contribution in [0, 0.1) is 11.8 Å². The van der Waals surface area contributed by atoms with Crippen molar-refractivity contribution < 1.29 is 4.74 Å². The molecule has 2 fully saturated rings. The van der Waals surface area contributed by atoms with Crippen LogP contribution in [0.25, 0.3) is 0 Å². The average Bonchev–Trinajstić information content (AvgIpc) is 3.10. The molecule has 94 valence electrons. The summed E-state index contributed by atoms with van der Waals surface area (Å²) in [6, 6.07) is 0. The van der Waals surface area contributed by atoms with Gasteiger partial charge < -0.3 is 4.74 Å². The van der Waals surface area contributed by atoms with Crippen LogP contribution in [-0.2, 0) is 4.74 Å². The van der Waals surface area contributed by atoms with E-state index in [1.54, 1.807) is 0 Å². The van der Waals surface area contributed by atoms with E-state index in [1.165, 1.54) is 64.2 Å². The van der Waals surface area contributed by atoms with E-state index in [9.17, 15) is 0 Å². The summed E-state index contributed by atoms with van der Waals surface area (Å²) in [7, 11) is 0. The lowest BCUT2D eigenvalue weighted by Crippen LogP contribution is -2.12. The predicted molar refractivity (Wildman–Crippen MR) is 68.6 cm³/mol. The van der Waals surface area contributed by atoms with Gasteiger partial charge in [-0.25, -0.2) is 0 Å². The molecule has 1 nitrogen and oxygen atoms in total. The van der Waals surface area contributed by atoms with Crippen molar-refractivity contribution in [3.8, 4) is 0 Å². The summed E-state index contributed by atoms with van der Waals surface area (Å²) in [5.41, 5.74) is 0. The Balaban J connectivity index is 1.44. The van der Waals surface area contributed by atoms with Crippen LogP contribution >= 0.6 is 0 Å². The number of rotatable bonds is 7. The predicted octanol–water partition coefficient (Wildman–Crippen LogP) is 4.55. The highest BCUT2D eigenvalue weighted by atomic mass is 16.5. The van der Waals surface area contributed by atoms with E-state index < -0.39 is 0 Å². The first kappa shape index (κ1) is 12.4. The summed E-state index contributed by atoms with van der Waals surface area (Å²) in [4.78, 5) is 0. The van der Waals surface area contributed by atoms with Gasteiger partial charge in [-0.3, -0.25) is 0 Å². The second-order valence-corrected chi connectivity index (χ2v) is 6.01. The molecule has 0 N–H and O–H groups in total. The Morgan fingerprint density at radius 3 is 2.44 bits per heavy atom. The van der Waals surface area contributed by atoms with Crippen molar-refractivity contribution in [1.29, 1.82) is 0 Å². The molecule has 1 unspecified atom stereocenters. The minimum absolute atomic E-state index is 0.513. The third kappa shape index (κ3) is 4.86. The molecule has 0 aromatic heterocycles. The molecule has 2 rings (SSSR count). The molecule has 0 aliphatic heterocycles. The Bertz CT molecular complexity index is 180. The molecule has 2 aliphatic carbocycles. The summed E-state index contributed by atoms with van der Waals surface area (Å²) in [5, 5.41) is 0. The van der Waals surface area contributed by atoms with Crippen LogP contribution in [-0.4, -0.2) is 12.7 Å². The lowest BCUT2D eigenvalue weighted by molar-refractivity contribution is 0.0512. The number of hydrogen-bond acceptors (Lipinski definition) is 1. The first-order chi connectivity index (χ1) is 7.84. The zero-order valence-electron chi connectivity index (χ0n) is 10.9. The summed E-state index contributed by atoms with van der Waals surface area (Å²) >= 11 is 0. The summed E-state index contributed by atoms with van der Waals surface area (Å²) in [6.07, 6.45) is 14.8. The van der Waals surface area contributed by atoms with Gasteiger partial charge in [-0.15, -0.1) is 0 Å².